The maximum absolute atomic E-state index is 13.2. The van der Waals surface area contributed by atoms with Crippen LogP contribution in [0.15, 0.2) is 18.2 Å². The molecular formula is C12H17F2NO. The Labute approximate surface area is 94.6 Å². The Hall–Kier alpha value is -1.00. The number of rotatable bonds is 6. The molecule has 0 aromatic heterocycles. The number of nitrogens with one attached hydrogen (secondary N) is 1. The van der Waals surface area contributed by atoms with Gasteiger partial charge in [-0.15, -0.1) is 0 Å². The van der Waals surface area contributed by atoms with E-state index >= 15 is 0 Å². The lowest BCUT2D eigenvalue weighted by Crippen LogP contribution is -2.26. The monoisotopic (exact) mass is 229 g/mol. The van der Waals surface area contributed by atoms with Crippen LogP contribution >= 0.6 is 0 Å². The number of ether oxygens (including phenoxy) is 1. The molecule has 1 aromatic rings. The van der Waals surface area contributed by atoms with Gasteiger partial charge in [0.15, 0.2) is 0 Å². The van der Waals surface area contributed by atoms with E-state index in [0.717, 1.165) is 12.6 Å². The highest BCUT2D eigenvalue weighted by atomic mass is 19.1. The summed E-state index contributed by atoms with van der Waals surface area (Å²) in [6.07, 6.45) is 0. The maximum atomic E-state index is 13.2. The van der Waals surface area contributed by atoms with E-state index in [1.165, 1.54) is 12.1 Å². The lowest BCUT2D eigenvalue weighted by atomic mass is 10.2. The van der Waals surface area contributed by atoms with Crippen LogP contribution in [0.3, 0.4) is 0 Å². The first kappa shape index (κ1) is 13.1. The van der Waals surface area contributed by atoms with E-state index in [1.54, 1.807) is 0 Å². The zero-order chi connectivity index (χ0) is 12.0. The summed E-state index contributed by atoms with van der Waals surface area (Å²) in [5, 5.41) is 3.18. The molecular weight excluding hydrogens is 212 g/mol. The molecule has 0 amide bonds. The van der Waals surface area contributed by atoms with Gasteiger partial charge in [0.1, 0.15) is 11.6 Å². The average molecular weight is 229 g/mol. The summed E-state index contributed by atoms with van der Waals surface area (Å²) < 4.78 is 31.0. The molecule has 4 heteroatoms. The Kier molecular flexibility index (Phi) is 5.35. The van der Waals surface area contributed by atoms with Crippen molar-refractivity contribution in [2.75, 3.05) is 13.2 Å². The van der Waals surface area contributed by atoms with Crippen LogP contribution in [0.5, 0.6) is 0 Å². The van der Waals surface area contributed by atoms with Crippen molar-refractivity contribution in [3.8, 4) is 0 Å². The van der Waals surface area contributed by atoms with Crippen molar-refractivity contribution in [2.24, 2.45) is 0 Å². The molecule has 0 saturated heterocycles. The lowest BCUT2D eigenvalue weighted by Gasteiger charge is -2.09. The molecule has 16 heavy (non-hydrogen) atoms. The first-order valence-electron chi connectivity index (χ1n) is 5.34. The molecule has 0 bridgehead atoms. The molecule has 0 aliphatic rings. The normalized spacial score (nSPS) is 11.1. The highest BCUT2D eigenvalue weighted by Crippen LogP contribution is 2.10. The van der Waals surface area contributed by atoms with Crippen molar-refractivity contribution >= 4 is 0 Å². The van der Waals surface area contributed by atoms with Crippen molar-refractivity contribution < 1.29 is 13.5 Å². The number of halogens is 2. The minimum atomic E-state index is -0.567. The molecule has 2 nitrogen and oxygen atoms in total. The van der Waals surface area contributed by atoms with Gasteiger partial charge in [0.05, 0.1) is 13.2 Å². The van der Waals surface area contributed by atoms with Crippen LogP contribution in [-0.2, 0) is 11.3 Å². The lowest BCUT2D eigenvalue weighted by molar-refractivity contribution is 0.119. The minimum absolute atomic E-state index is 0.173. The Morgan fingerprint density at radius 1 is 1.31 bits per heavy atom. The van der Waals surface area contributed by atoms with Gasteiger partial charge in [0, 0.05) is 24.2 Å². The molecule has 0 atom stereocenters. The molecule has 0 aliphatic heterocycles. The SMILES string of the molecule is CC(C)NCCOCc1ccc(F)cc1F. The molecule has 1 rings (SSSR count). The summed E-state index contributed by atoms with van der Waals surface area (Å²) in [6.45, 7) is 5.49. The van der Waals surface area contributed by atoms with Gasteiger partial charge in [0.2, 0.25) is 0 Å². The molecule has 90 valence electrons. The minimum Gasteiger partial charge on any atom is -0.375 e. The topological polar surface area (TPSA) is 21.3 Å². The second-order valence-electron chi connectivity index (χ2n) is 3.90. The molecule has 0 spiro atoms. The fraction of sp³-hybridized carbons (Fsp3) is 0.500. The van der Waals surface area contributed by atoms with Crippen molar-refractivity contribution in [3.05, 3.63) is 35.4 Å². The zero-order valence-corrected chi connectivity index (χ0v) is 9.59. The van der Waals surface area contributed by atoms with Crippen LogP contribution < -0.4 is 5.32 Å². The first-order valence-corrected chi connectivity index (χ1v) is 5.34. The summed E-state index contributed by atoms with van der Waals surface area (Å²) >= 11 is 0. The molecule has 0 aliphatic carbocycles. The summed E-state index contributed by atoms with van der Waals surface area (Å²) in [5.74, 6) is -1.13. The van der Waals surface area contributed by atoms with Gasteiger partial charge in [-0.25, -0.2) is 8.78 Å². The second kappa shape index (κ2) is 6.55. The van der Waals surface area contributed by atoms with Gasteiger partial charge in [-0.3, -0.25) is 0 Å². The van der Waals surface area contributed by atoms with Crippen molar-refractivity contribution in [1.82, 2.24) is 5.32 Å². The Morgan fingerprint density at radius 3 is 2.69 bits per heavy atom. The summed E-state index contributed by atoms with van der Waals surface area (Å²) in [6, 6.07) is 3.91. The smallest absolute Gasteiger partial charge is 0.131 e. The van der Waals surface area contributed by atoms with Crippen LogP contribution in [0.4, 0.5) is 8.78 Å². The van der Waals surface area contributed by atoms with Gasteiger partial charge >= 0.3 is 0 Å². The van der Waals surface area contributed by atoms with Crippen molar-refractivity contribution in [2.45, 2.75) is 26.5 Å². The third-order valence-electron chi connectivity index (χ3n) is 2.07. The molecule has 0 saturated carbocycles. The van der Waals surface area contributed by atoms with Gasteiger partial charge < -0.3 is 10.1 Å². The van der Waals surface area contributed by atoms with Crippen molar-refractivity contribution in [3.63, 3.8) is 0 Å². The fourth-order valence-electron chi connectivity index (χ4n) is 1.24. The molecule has 0 unspecified atom stereocenters. The van der Waals surface area contributed by atoms with Gasteiger partial charge in [-0.05, 0) is 6.07 Å². The first-order chi connectivity index (χ1) is 7.59. The van der Waals surface area contributed by atoms with Gasteiger partial charge in [-0.2, -0.15) is 0 Å². The number of benzene rings is 1. The molecule has 0 fully saturated rings. The van der Waals surface area contributed by atoms with Crippen LogP contribution in [0, 0.1) is 11.6 Å². The average Bonchev–Trinajstić information content (AvgIpc) is 2.20. The largest absolute Gasteiger partial charge is 0.375 e. The fourth-order valence-corrected chi connectivity index (χ4v) is 1.24. The van der Waals surface area contributed by atoms with Gasteiger partial charge in [-0.1, -0.05) is 19.9 Å². The highest BCUT2D eigenvalue weighted by molar-refractivity contribution is 5.17. The number of hydrogen-bond donors (Lipinski definition) is 1. The Balaban J connectivity index is 2.27. The van der Waals surface area contributed by atoms with Crippen LogP contribution in [0.2, 0.25) is 0 Å². The standard InChI is InChI=1S/C12H17F2NO/c1-9(2)15-5-6-16-8-10-3-4-11(13)7-12(10)14/h3-4,7,9,15H,5-6,8H2,1-2H3. The highest BCUT2D eigenvalue weighted by Gasteiger charge is 2.03. The molecule has 1 N–H and O–H groups in total. The van der Waals surface area contributed by atoms with Crippen LogP contribution in [0.25, 0.3) is 0 Å². The Bertz CT molecular complexity index is 329. The Morgan fingerprint density at radius 2 is 2.06 bits per heavy atom. The van der Waals surface area contributed by atoms with Crippen LogP contribution in [-0.4, -0.2) is 19.2 Å². The summed E-state index contributed by atoms with van der Waals surface area (Å²) in [7, 11) is 0. The van der Waals surface area contributed by atoms with E-state index in [4.69, 9.17) is 4.74 Å². The van der Waals surface area contributed by atoms with E-state index in [2.05, 4.69) is 5.32 Å². The predicted molar refractivity (Wildman–Crippen MR) is 59.2 cm³/mol. The molecule has 0 radical (unpaired) electrons. The van der Waals surface area contributed by atoms with Gasteiger partial charge in [0.25, 0.3) is 0 Å². The quantitative estimate of drug-likeness (QED) is 0.757. The second-order valence-corrected chi connectivity index (χ2v) is 3.90. The van der Waals surface area contributed by atoms with E-state index < -0.39 is 11.6 Å². The van der Waals surface area contributed by atoms with E-state index in [1.807, 2.05) is 13.8 Å². The maximum Gasteiger partial charge on any atom is 0.131 e. The molecule has 1 aromatic carbocycles. The summed E-state index contributed by atoms with van der Waals surface area (Å²) in [4.78, 5) is 0. The third kappa shape index (κ3) is 4.68. The van der Waals surface area contributed by atoms with E-state index in [9.17, 15) is 8.78 Å². The zero-order valence-electron chi connectivity index (χ0n) is 9.59. The third-order valence-corrected chi connectivity index (χ3v) is 2.07. The predicted octanol–water partition coefficient (Wildman–Crippen LogP) is 2.48. The van der Waals surface area contributed by atoms with Crippen molar-refractivity contribution in [1.29, 1.82) is 0 Å². The van der Waals surface area contributed by atoms with E-state index in [0.29, 0.717) is 18.2 Å². The summed E-state index contributed by atoms with van der Waals surface area (Å²) in [5.41, 5.74) is 0.381. The molecule has 0 heterocycles. The van der Waals surface area contributed by atoms with Crippen LogP contribution in [0.1, 0.15) is 19.4 Å². The van der Waals surface area contributed by atoms with E-state index in [-0.39, 0.29) is 6.61 Å². The number of hydrogen-bond acceptors (Lipinski definition) is 2.